The van der Waals surface area contributed by atoms with E-state index in [9.17, 15) is 9.90 Å². The third-order valence-electron chi connectivity index (χ3n) is 5.52. The molecule has 0 unspecified atom stereocenters. The zero-order valence-electron chi connectivity index (χ0n) is 16.3. The standard InChI is InChI=1S/C24H24N2O2/c1-3-26(4-2)18-12-9-16(10-13-18)15-17-11-14-20-22(24(27)28)19-7-5-6-8-21(19)25-23(17)20/h5-10,12-13,15H,3-4,11,14H2,1-2H3,(H,27,28)/b17-15+. The van der Waals surface area contributed by atoms with Gasteiger partial charge >= 0.3 is 5.97 Å². The number of para-hydroxylation sites is 1. The minimum Gasteiger partial charge on any atom is -0.478 e. The highest BCUT2D eigenvalue weighted by Crippen LogP contribution is 2.37. The lowest BCUT2D eigenvalue weighted by atomic mass is 10.0. The van der Waals surface area contributed by atoms with E-state index in [-0.39, 0.29) is 0 Å². The molecule has 1 aliphatic carbocycles. The van der Waals surface area contributed by atoms with Crippen LogP contribution in [0.5, 0.6) is 0 Å². The minimum absolute atomic E-state index is 0.404. The van der Waals surface area contributed by atoms with Crippen LogP contribution in [0.3, 0.4) is 0 Å². The maximum Gasteiger partial charge on any atom is 0.336 e. The average molecular weight is 372 g/mol. The topological polar surface area (TPSA) is 53.4 Å². The first kappa shape index (κ1) is 18.2. The molecule has 0 radical (unpaired) electrons. The summed E-state index contributed by atoms with van der Waals surface area (Å²) in [6.07, 6.45) is 3.68. The summed E-state index contributed by atoms with van der Waals surface area (Å²) in [7, 11) is 0. The number of carboxylic acids is 1. The van der Waals surface area contributed by atoms with E-state index < -0.39 is 5.97 Å². The van der Waals surface area contributed by atoms with Gasteiger partial charge in [-0.05, 0) is 67.7 Å². The number of hydrogen-bond donors (Lipinski definition) is 1. The number of allylic oxidation sites excluding steroid dienone is 1. The quantitative estimate of drug-likeness (QED) is 0.663. The molecule has 0 amide bonds. The molecule has 4 nitrogen and oxygen atoms in total. The number of anilines is 1. The van der Waals surface area contributed by atoms with Crippen LogP contribution in [0.15, 0.2) is 48.5 Å². The molecule has 4 rings (SSSR count). The summed E-state index contributed by atoms with van der Waals surface area (Å²) < 4.78 is 0. The second-order valence-electron chi connectivity index (χ2n) is 7.07. The van der Waals surface area contributed by atoms with Gasteiger partial charge in [-0.3, -0.25) is 0 Å². The summed E-state index contributed by atoms with van der Waals surface area (Å²) in [5, 5.41) is 10.5. The Labute approximate surface area is 165 Å². The first-order chi connectivity index (χ1) is 13.6. The van der Waals surface area contributed by atoms with Crippen molar-refractivity contribution < 1.29 is 9.90 Å². The Bertz CT molecular complexity index is 1060. The van der Waals surface area contributed by atoms with Crippen molar-refractivity contribution >= 4 is 34.2 Å². The van der Waals surface area contributed by atoms with E-state index >= 15 is 0 Å². The number of benzene rings is 2. The van der Waals surface area contributed by atoms with Crippen molar-refractivity contribution in [3.8, 4) is 0 Å². The van der Waals surface area contributed by atoms with Crippen molar-refractivity contribution in [3.05, 3.63) is 70.9 Å². The number of rotatable bonds is 5. The summed E-state index contributed by atoms with van der Waals surface area (Å²) in [5.41, 5.74) is 6.28. The molecule has 1 N–H and O–H groups in total. The number of aromatic nitrogens is 1. The van der Waals surface area contributed by atoms with Gasteiger partial charge in [0.05, 0.1) is 16.8 Å². The van der Waals surface area contributed by atoms with Crippen LogP contribution >= 0.6 is 0 Å². The van der Waals surface area contributed by atoms with Gasteiger partial charge in [-0.2, -0.15) is 0 Å². The molecule has 142 valence electrons. The summed E-state index contributed by atoms with van der Waals surface area (Å²) >= 11 is 0. The maximum absolute atomic E-state index is 11.9. The summed E-state index contributed by atoms with van der Waals surface area (Å²) in [6.45, 7) is 6.29. The van der Waals surface area contributed by atoms with Crippen LogP contribution < -0.4 is 4.90 Å². The average Bonchev–Trinajstić information content (AvgIpc) is 3.10. The highest BCUT2D eigenvalue weighted by atomic mass is 16.4. The SMILES string of the molecule is CCN(CC)c1ccc(/C=C2\CCc3c2nc2ccccc2c3C(=O)O)cc1. The van der Waals surface area contributed by atoms with Crippen LogP contribution in [0.1, 0.15) is 47.4 Å². The van der Waals surface area contributed by atoms with Gasteiger partial charge in [0.15, 0.2) is 0 Å². The normalized spacial score (nSPS) is 14.4. The lowest BCUT2D eigenvalue weighted by Gasteiger charge is -2.20. The van der Waals surface area contributed by atoms with Crippen molar-refractivity contribution in [1.29, 1.82) is 0 Å². The summed E-state index contributed by atoms with van der Waals surface area (Å²) in [4.78, 5) is 19.1. The molecule has 0 atom stereocenters. The fourth-order valence-corrected chi connectivity index (χ4v) is 4.09. The van der Waals surface area contributed by atoms with E-state index in [1.807, 2.05) is 24.3 Å². The second-order valence-corrected chi connectivity index (χ2v) is 7.07. The van der Waals surface area contributed by atoms with Crippen molar-refractivity contribution in [2.75, 3.05) is 18.0 Å². The van der Waals surface area contributed by atoms with Crippen LogP contribution in [0.2, 0.25) is 0 Å². The largest absolute Gasteiger partial charge is 0.478 e. The first-order valence-corrected chi connectivity index (χ1v) is 9.83. The number of carbonyl (C=O) groups is 1. The second kappa shape index (κ2) is 7.47. The molecule has 1 aliphatic rings. The van der Waals surface area contributed by atoms with Gasteiger partial charge < -0.3 is 10.0 Å². The van der Waals surface area contributed by atoms with Crippen LogP contribution in [-0.4, -0.2) is 29.1 Å². The van der Waals surface area contributed by atoms with Gasteiger partial charge in [-0.25, -0.2) is 9.78 Å². The Morgan fingerprint density at radius 2 is 1.79 bits per heavy atom. The molecule has 3 aromatic rings. The third-order valence-corrected chi connectivity index (χ3v) is 5.52. The van der Waals surface area contributed by atoms with Gasteiger partial charge in [0, 0.05) is 24.2 Å². The van der Waals surface area contributed by atoms with Gasteiger partial charge in [0.1, 0.15) is 0 Å². The fraction of sp³-hybridized carbons (Fsp3) is 0.250. The zero-order valence-corrected chi connectivity index (χ0v) is 16.3. The number of aromatic carboxylic acids is 1. The van der Waals surface area contributed by atoms with Crippen molar-refractivity contribution in [2.24, 2.45) is 0 Å². The molecule has 0 aliphatic heterocycles. The predicted octanol–water partition coefficient (Wildman–Crippen LogP) is 5.27. The van der Waals surface area contributed by atoms with Crippen molar-refractivity contribution in [1.82, 2.24) is 4.98 Å². The van der Waals surface area contributed by atoms with E-state index in [0.717, 1.165) is 59.2 Å². The number of hydrogen-bond acceptors (Lipinski definition) is 3. The molecule has 0 spiro atoms. The van der Waals surface area contributed by atoms with Crippen LogP contribution in [-0.2, 0) is 6.42 Å². The maximum atomic E-state index is 11.9. The van der Waals surface area contributed by atoms with Gasteiger partial charge in [0.25, 0.3) is 0 Å². The third kappa shape index (κ3) is 3.15. The van der Waals surface area contributed by atoms with E-state index in [2.05, 4.69) is 49.1 Å². The van der Waals surface area contributed by atoms with Crippen LogP contribution in [0, 0.1) is 0 Å². The van der Waals surface area contributed by atoms with E-state index in [1.54, 1.807) is 0 Å². The van der Waals surface area contributed by atoms with Crippen LogP contribution in [0.25, 0.3) is 22.6 Å². The van der Waals surface area contributed by atoms with Gasteiger partial charge in [0.2, 0.25) is 0 Å². The molecular weight excluding hydrogens is 348 g/mol. The predicted molar refractivity (Wildman–Crippen MR) is 115 cm³/mol. The Hall–Kier alpha value is -3.14. The van der Waals surface area contributed by atoms with Gasteiger partial charge in [-0.1, -0.05) is 30.3 Å². The summed E-state index contributed by atoms with van der Waals surface area (Å²) in [6, 6.07) is 16.0. The Balaban J connectivity index is 1.76. The molecule has 0 saturated heterocycles. The molecular formula is C24H24N2O2. The fourth-order valence-electron chi connectivity index (χ4n) is 4.09. The lowest BCUT2D eigenvalue weighted by Crippen LogP contribution is -2.21. The molecule has 1 heterocycles. The molecule has 1 aromatic heterocycles. The molecule has 4 heteroatoms. The number of carboxylic acid groups (broad SMARTS) is 1. The molecule has 0 fully saturated rings. The first-order valence-electron chi connectivity index (χ1n) is 9.83. The van der Waals surface area contributed by atoms with E-state index in [4.69, 9.17) is 4.98 Å². The highest BCUT2D eigenvalue weighted by molar-refractivity contribution is 6.06. The molecule has 0 saturated carbocycles. The lowest BCUT2D eigenvalue weighted by molar-refractivity contribution is 0.0698. The number of fused-ring (bicyclic) bond motifs is 2. The van der Waals surface area contributed by atoms with Crippen LogP contribution in [0.4, 0.5) is 5.69 Å². The minimum atomic E-state index is -0.875. The monoisotopic (exact) mass is 372 g/mol. The Kier molecular flexibility index (Phi) is 4.86. The van der Waals surface area contributed by atoms with Gasteiger partial charge in [-0.15, -0.1) is 0 Å². The Morgan fingerprint density at radius 3 is 2.46 bits per heavy atom. The Morgan fingerprint density at radius 1 is 1.07 bits per heavy atom. The number of nitrogens with zero attached hydrogens (tertiary/aromatic N) is 2. The van der Waals surface area contributed by atoms with E-state index in [0.29, 0.717) is 5.56 Å². The molecule has 28 heavy (non-hydrogen) atoms. The van der Waals surface area contributed by atoms with E-state index in [1.165, 1.54) is 5.69 Å². The molecule has 2 aromatic carbocycles. The van der Waals surface area contributed by atoms with Crippen molar-refractivity contribution in [3.63, 3.8) is 0 Å². The van der Waals surface area contributed by atoms with Crippen molar-refractivity contribution in [2.45, 2.75) is 26.7 Å². The molecule has 0 bridgehead atoms. The smallest absolute Gasteiger partial charge is 0.336 e. The number of pyridine rings is 1. The zero-order chi connectivity index (χ0) is 19.7. The highest BCUT2D eigenvalue weighted by Gasteiger charge is 2.26. The summed E-state index contributed by atoms with van der Waals surface area (Å²) in [5.74, 6) is -0.875.